The summed E-state index contributed by atoms with van der Waals surface area (Å²) < 4.78 is 27.5. The van der Waals surface area contributed by atoms with E-state index >= 15 is 0 Å². The van der Waals surface area contributed by atoms with E-state index in [0.29, 0.717) is 11.4 Å². The minimum atomic E-state index is -3.50. The molecule has 3 rings (SSSR count). The number of fused-ring (bicyclic) bond motifs is 1. The van der Waals surface area contributed by atoms with Crippen LogP contribution in [0.4, 0.5) is 5.69 Å². The fraction of sp³-hybridized carbons (Fsp3) is 0.294. The van der Waals surface area contributed by atoms with Gasteiger partial charge in [-0.2, -0.15) is 0 Å². The third kappa shape index (κ3) is 2.23. The summed E-state index contributed by atoms with van der Waals surface area (Å²) in [5, 5.41) is 0. The quantitative estimate of drug-likeness (QED) is 0.849. The number of sulfonamides is 1. The summed E-state index contributed by atoms with van der Waals surface area (Å²) in [6.07, 6.45) is 0. The van der Waals surface area contributed by atoms with Gasteiger partial charge in [0.25, 0.3) is 10.0 Å². The first-order chi connectivity index (χ1) is 9.91. The molecule has 0 bridgehead atoms. The van der Waals surface area contributed by atoms with Gasteiger partial charge in [-0.3, -0.25) is 4.31 Å². The Labute approximate surface area is 126 Å². The van der Waals surface area contributed by atoms with Crippen molar-refractivity contribution in [1.29, 1.82) is 0 Å². The Balaban J connectivity index is 2.12. The molecule has 1 heterocycles. The van der Waals surface area contributed by atoms with Crippen molar-refractivity contribution in [1.82, 2.24) is 0 Å². The molecule has 2 aromatic rings. The summed E-state index contributed by atoms with van der Waals surface area (Å²) >= 11 is 0. The van der Waals surface area contributed by atoms with Crippen LogP contribution in [-0.2, 0) is 10.0 Å². The van der Waals surface area contributed by atoms with Crippen LogP contribution in [-0.4, -0.2) is 15.0 Å². The van der Waals surface area contributed by atoms with E-state index in [1.54, 1.807) is 10.4 Å². The summed E-state index contributed by atoms with van der Waals surface area (Å²) in [6.45, 7) is 6.40. The van der Waals surface area contributed by atoms with Gasteiger partial charge in [0, 0.05) is 12.5 Å². The molecule has 1 atom stereocenters. The lowest BCUT2D eigenvalue weighted by atomic mass is 10.0. The summed E-state index contributed by atoms with van der Waals surface area (Å²) in [4.78, 5) is 0.400. The van der Waals surface area contributed by atoms with Crippen LogP contribution in [0.15, 0.2) is 47.4 Å². The van der Waals surface area contributed by atoms with E-state index in [0.717, 1.165) is 22.4 Å². The first-order valence-electron chi connectivity index (χ1n) is 7.10. The van der Waals surface area contributed by atoms with Gasteiger partial charge in [-0.25, -0.2) is 8.42 Å². The van der Waals surface area contributed by atoms with Crippen LogP contribution in [0.5, 0.6) is 0 Å². The summed E-state index contributed by atoms with van der Waals surface area (Å²) in [5.74, 6) is 0.224. The minimum Gasteiger partial charge on any atom is -0.265 e. The highest BCUT2D eigenvalue weighted by Crippen LogP contribution is 2.39. The molecule has 2 aromatic carbocycles. The average molecular weight is 301 g/mol. The number of para-hydroxylation sites is 1. The van der Waals surface area contributed by atoms with Crippen LogP contribution in [0.3, 0.4) is 0 Å². The molecule has 0 fully saturated rings. The Morgan fingerprint density at radius 2 is 1.81 bits per heavy atom. The maximum absolute atomic E-state index is 13.0. The van der Waals surface area contributed by atoms with E-state index in [2.05, 4.69) is 6.92 Å². The zero-order chi connectivity index (χ0) is 15.2. The van der Waals surface area contributed by atoms with Crippen molar-refractivity contribution < 1.29 is 8.42 Å². The van der Waals surface area contributed by atoms with E-state index in [4.69, 9.17) is 0 Å². The van der Waals surface area contributed by atoms with E-state index in [-0.39, 0.29) is 5.92 Å². The molecular weight excluding hydrogens is 282 g/mol. The first-order valence-corrected chi connectivity index (χ1v) is 8.54. The molecule has 0 saturated carbocycles. The van der Waals surface area contributed by atoms with Gasteiger partial charge in [0.1, 0.15) is 0 Å². The van der Waals surface area contributed by atoms with Crippen LogP contribution < -0.4 is 4.31 Å². The lowest BCUT2D eigenvalue weighted by Gasteiger charge is -2.21. The molecule has 1 unspecified atom stereocenters. The van der Waals surface area contributed by atoms with Gasteiger partial charge in [-0.1, -0.05) is 42.8 Å². The molecule has 0 aromatic heterocycles. The number of hydrogen-bond donors (Lipinski definition) is 0. The third-order valence-corrected chi connectivity index (χ3v) is 6.01. The van der Waals surface area contributed by atoms with Crippen molar-refractivity contribution in [3.63, 3.8) is 0 Å². The van der Waals surface area contributed by atoms with Gasteiger partial charge in [0.15, 0.2) is 0 Å². The number of hydrogen-bond acceptors (Lipinski definition) is 2. The van der Waals surface area contributed by atoms with Crippen LogP contribution >= 0.6 is 0 Å². The molecular formula is C17H19NO2S. The molecule has 0 spiro atoms. The predicted molar refractivity (Wildman–Crippen MR) is 85.3 cm³/mol. The van der Waals surface area contributed by atoms with Gasteiger partial charge in [0.05, 0.1) is 10.6 Å². The number of nitrogens with zero attached hydrogens (tertiary/aromatic N) is 1. The second kappa shape index (κ2) is 4.88. The van der Waals surface area contributed by atoms with Gasteiger partial charge < -0.3 is 0 Å². The van der Waals surface area contributed by atoms with Crippen molar-refractivity contribution >= 4 is 15.7 Å². The fourth-order valence-electron chi connectivity index (χ4n) is 3.01. The van der Waals surface area contributed by atoms with E-state index in [9.17, 15) is 8.42 Å². The van der Waals surface area contributed by atoms with Crippen LogP contribution in [0, 0.1) is 13.8 Å². The lowest BCUT2D eigenvalue weighted by Crippen LogP contribution is -2.30. The number of aryl methyl sites for hydroxylation is 2. The smallest absolute Gasteiger partial charge is 0.264 e. The van der Waals surface area contributed by atoms with Crippen LogP contribution in [0.25, 0.3) is 0 Å². The molecule has 21 heavy (non-hydrogen) atoms. The fourth-order valence-corrected chi connectivity index (χ4v) is 4.80. The Kier molecular flexibility index (Phi) is 3.29. The minimum absolute atomic E-state index is 0.224. The van der Waals surface area contributed by atoms with Crippen molar-refractivity contribution in [2.45, 2.75) is 31.6 Å². The normalized spacial score (nSPS) is 17.9. The summed E-state index contributed by atoms with van der Waals surface area (Å²) in [6, 6.07) is 13.2. The zero-order valence-corrected chi connectivity index (χ0v) is 13.3. The van der Waals surface area contributed by atoms with Crippen molar-refractivity contribution in [2.24, 2.45) is 0 Å². The maximum atomic E-state index is 13.0. The second-order valence-corrected chi connectivity index (χ2v) is 7.60. The van der Waals surface area contributed by atoms with Crippen molar-refractivity contribution in [2.75, 3.05) is 10.8 Å². The van der Waals surface area contributed by atoms with E-state index in [1.807, 2.05) is 50.2 Å². The molecule has 0 N–H and O–H groups in total. The topological polar surface area (TPSA) is 37.4 Å². The molecule has 3 nitrogen and oxygen atoms in total. The number of rotatable bonds is 2. The standard InChI is InChI=1S/C17H19NO2S/c1-12-8-9-17(13(2)10-12)21(19,20)18-11-14(3)15-6-4-5-7-16(15)18/h4-10,14H,11H2,1-3H3. The van der Waals surface area contributed by atoms with Crippen LogP contribution in [0.1, 0.15) is 29.5 Å². The van der Waals surface area contributed by atoms with Gasteiger partial charge in [-0.05, 0) is 37.1 Å². The highest BCUT2D eigenvalue weighted by molar-refractivity contribution is 7.93. The van der Waals surface area contributed by atoms with E-state index in [1.165, 1.54) is 0 Å². The van der Waals surface area contributed by atoms with Gasteiger partial charge in [-0.15, -0.1) is 0 Å². The second-order valence-electron chi connectivity index (χ2n) is 5.76. The Bertz CT molecular complexity index is 796. The molecule has 0 radical (unpaired) electrons. The molecule has 1 aliphatic rings. The zero-order valence-electron chi connectivity index (χ0n) is 12.5. The molecule has 110 valence electrons. The highest BCUT2D eigenvalue weighted by Gasteiger charge is 2.34. The first kappa shape index (κ1) is 14.1. The largest absolute Gasteiger partial charge is 0.265 e. The SMILES string of the molecule is Cc1ccc(S(=O)(=O)N2CC(C)c3ccccc32)c(C)c1. The highest BCUT2D eigenvalue weighted by atomic mass is 32.2. The average Bonchev–Trinajstić information content (AvgIpc) is 2.77. The van der Waals surface area contributed by atoms with E-state index < -0.39 is 10.0 Å². The molecule has 0 saturated heterocycles. The number of anilines is 1. The molecule has 0 aliphatic carbocycles. The lowest BCUT2D eigenvalue weighted by molar-refractivity contribution is 0.590. The third-order valence-electron chi connectivity index (χ3n) is 4.07. The Morgan fingerprint density at radius 3 is 2.52 bits per heavy atom. The van der Waals surface area contributed by atoms with Crippen molar-refractivity contribution in [3.8, 4) is 0 Å². The van der Waals surface area contributed by atoms with Gasteiger partial charge >= 0.3 is 0 Å². The monoisotopic (exact) mass is 301 g/mol. The van der Waals surface area contributed by atoms with Crippen molar-refractivity contribution in [3.05, 3.63) is 59.2 Å². The Morgan fingerprint density at radius 1 is 1.10 bits per heavy atom. The molecule has 0 amide bonds. The van der Waals surface area contributed by atoms with Gasteiger partial charge in [0.2, 0.25) is 0 Å². The maximum Gasteiger partial charge on any atom is 0.264 e. The molecule has 1 aliphatic heterocycles. The molecule has 4 heteroatoms. The summed E-state index contributed by atoms with van der Waals surface area (Å²) in [5.41, 5.74) is 3.78. The Hall–Kier alpha value is -1.81. The number of benzene rings is 2. The summed E-state index contributed by atoms with van der Waals surface area (Å²) in [7, 11) is -3.50. The van der Waals surface area contributed by atoms with Crippen LogP contribution in [0.2, 0.25) is 0 Å². The predicted octanol–water partition coefficient (Wildman–Crippen LogP) is 3.62.